The minimum Gasteiger partial charge on any atom is -0.392 e. The Bertz CT molecular complexity index is 142. The molecule has 0 aromatic heterocycles. The predicted octanol–water partition coefficient (Wildman–Crippen LogP) is 2.96. The number of unbranched alkanes of at least 4 members (excludes halogenated alkanes) is 7. The molecule has 4 nitrogen and oxygen atoms in total. The fourth-order valence-electron chi connectivity index (χ4n) is 1.79. The van der Waals surface area contributed by atoms with Crippen LogP contribution in [-0.4, -0.2) is 33.4 Å². The van der Waals surface area contributed by atoms with Crippen molar-refractivity contribution < 1.29 is 15.5 Å². The van der Waals surface area contributed by atoms with E-state index in [-0.39, 0.29) is 11.8 Å². The summed E-state index contributed by atoms with van der Waals surface area (Å²) in [5, 5.41) is 26.3. The molecule has 0 heterocycles. The van der Waals surface area contributed by atoms with Crippen LogP contribution < -0.4 is 0 Å². The van der Waals surface area contributed by atoms with Gasteiger partial charge in [-0.25, -0.2) is 0 Å². The second-order valence-corrected chi connectivity index (χ2v) is 4.47. The van der Waals surface area contributed by atoms with Gasteiger partial charge in [0, 0.05) is 0 Å². The Hall–Kier alpha value is -0.160. The molecule has 0 bridgehead atoms. The third-order valence-electron chi connectivity index (χ3n) is 2.76. The Labute approximate surface area is 98.8 Å². The van der Waals surface area contributed by atoms with Crippen molar-refractivity contribution in [3.8, 4) is 0 Å². The van der Waals surface area contributed by atoms with Crippen molar-refractivity contribution in [2.75, 3.05) is 6.54 Å². The van der Waals surface area contributed by atoms with Crippen LogP contribution in [0.2, 0.25) is 0 Å². The van der Waals surface area contributed by atoms with E-state index in [2.05, 4.69) is 6.92 Å². The van der Waals surface area contributed by atoms with Gasteiger partial charge in [-0.1, -0.05) is 63.5 Å². The number of aliphatic hydroxyl groups is 1. The quantitative estimate of drug-likeness (QED) is 0.379. The zero-order valence-corrected chi connectivity index (χ0v) is 10.4. The average molecular weight is 233 g/mol. The van der Waals surface area contributed by atoms with Crippen molar-refractivity contribution in [2.24, 2.45) is 0 Å². The van der Waals surface area contributed by atoms with Crippen molar-refractivity contribution in [3.63, 3.8) is 0 Å². The first-order chi connectivity index (χ1) is 7.66. The SMILES string of the molecule is CCCCCCCCCCC(O)CN(O)O. The summed E-state index contributed by atoms with van der Waals surface area (Å²) in [5.41, 5.74) is 0. The second-order valence-electron chi connectivity index (χ2n) is 4.47. The van der Waals surface area contributed by atoms with Crippen molar-refractivity contribution in [3.05, 3.63) is 0 Å². The molecule has 0 saturated carbocycles. The minimum absolute atomic E-state index is 0.0510. The van der Waals surface area contributed by atoms with Crippen LogP contribution in [0.5, 0.6) is 0 Å². The molecule has 0 aliphatic rings. The Morgan fingerprint density at radius 3 is 1.88 bits per heavy atom. The first-order valence-corrected chi connectivity index (χ1v) is 6.50. The van der Waals surface area contributed by atoms with Crippen LogP contribution in [0, 0.1) is 0 Å². The third-order valence-corrected chi connectivity index (χ3v) is 2.76. The standard InChI is InChI=1S/C12H27NO3/c1-2-3-4-5-6-7-8-9-10-12(14)11-13(15)16/h12,14-16H,2-11H2,1H3. The van der Waals surface area contributed by atoms with E-state index in [1.807, 2.05) is 0 Å². The molecule has 0 aromatic carbocycles. The summed E-state index contributed by atoms with van der Waals surface area (Å²) in [6.07, 6.45) is 9.87. The normalized spacial score (nSPS) is 13.3. The zero-order chi connectivity index (χ0) is 12.2. The molecule has 0 aromatic rings. The number of rotatable bonds is 11. The summed E-state index contributed by atoms with van der Waals surface area (Å²) in [6.45, 7) is 2.13. The van der Waals surface area contributed by atoms with E-state index in [0.29, 0.717) is 6.42 Å². The molecule has 0 saturated heterocycles. The fraction of sp³-hybridized carbons (Fsp3) is 1.00. The van der Waals surface area contributed by atoms with Crippen LogP contribution in [-0.2, 0) is 0 Å². The maximum absolute atomic E-state index is 9.33. The molecule has 0 rings (SSSR count). The van der Waals surface area contributed by atoms with Gasteiger partial charge in [-0.2, -0.15) is 0 Å². The lowest BCUT2D eigenvalue weighted by molar-refractivity contribution is -0.315. The van der Waals surface area contributed by atoms with Gasteiger partial charge in [0.2, 0.25) is 0 Å². The van der Waals surface area contributed by atoms with Gasteiger partial charge in [0.15, 0.2) is 0 Å². The highest BCUT2D eigenvalue weighted by molar-refractivity contribution is 4.56. The molecule has 0 spiro atoms. The average Bonchev–Trinajstić information content (AvgIpc) is 2.21. The first kappa shape index (κ1) is 15.8. The number of aliphatic hydroxyl groups excluding tert-OH is 1. The lowest BCUT2D eigenvalue weighted by atomic mass is 10.1. The summed E-state index contributed by atoms with van der Waals surface area (Å²) < 4.78 is 0. The van der Waals surface area contributed by atoms with E-state index in [4.69, 9.17) is 10.4 Å². The van der Waals surface area contributed by atoms with Crippen molar-refractivity contribution >= 4 is 0 Å². The van der Waals surface area contributed by atoms with E-state index < -0.39 is 6.10 Å². The molecule has 0 aliphatic heterocycles. The van der Waals surface area contributed by atoms with Gasteiger partial charge in [0.05, 0.1) is 12.6 Å². The van der Waals surface area contributed by atoms with Gasteiger partial charge >= 0.3 is 0 Å². The molecule has 4 heteroatoms. The predicted molar refractivity (Wildman–Crippen MR) is 63.5 cm³/mol. The van der Waals surface area contributed by atoms with Crippen LogP contribution in [0.25, 0.3) is 0 Å². The van der Waals surface area contributed by atoms with E-state index >= 15 is 0 Å². The lowest BCUT2D eigenvalue weighted by Crippen LogP contribution is -2.26. The third kappa shape index (κ3) is 11.9. The largest absolute Gasteiger partial charge is 0.392 e. The molecule has 98 valence electrons. The molecular weight excluding hydrogens is 206 g/mol. The molecule has 1 unspecified atom stereocenters. The summed E-state index contributed by atoms with van der Waals surface area (Å²) in [4.78, 5) is 0. The molecule has 0 aliphatic carbocycles. The van der Waals surface area contributed by atoms with Gasteiger partial charge < -0.3 is 5.11 Å². The van der Waals surface area contributed by atoms with E-state index in [1.165, 1.54) is 38.5 Å². The Morgan fingerprint density at radius 1 is 0.875 bits per heavy atom. The summed E-state index contributed by atoms with van der Waals surface area (Å²) in [5.74, 6) is 0. The molecule has 0 fully saturated rings. The van der Waals surface area contributed by atoms with Crippen molar-refractivity contribution in [2.45, 2.75) is 70.8 Å². The van der Waals surface area contributed by atoms with Crippen LogP contribution in [0.1, 0.15) is 64.7 Å². The Balaban J connectivity index is 3.08. The van der Waals surface area contributed by atoms with E-state index in [0.717, 1.165) is 12.8 Å². The van der Waals surface area contributed by atoms with Gasteiger partial charge in [0.1, 0.15) is 0 Å². The van der Waals surface area contributed by atoms with Gasteiger partial charge in [0.25, 0.3) is 0 Å². The summed E-state index contributed by atoms with van der Waals surface area (Å²) in [7, 11) is 0. The van der Waals surface area contributed by atoms with Crippen molar-refractivity contribution in [1.82, 2.24) is 5.23 Å². The summed E-state index contributed by atoms with van der Waals surface area (Å²) >= 11 is 0. The monoisotopic (exact) mass is 233 g/mol. The van der Waals surface area contributed by atoms with E-state index in [9.17, 15) is 5.11 Å². The Kier molecular flexibility index (Phi) is 11.2. The van der Waals surface area contributed by atoms with Crippen molar-refractivity contribution in [1.29, 1.82) is 0 Å². The minimum atomic E-state index is -0.630. The maximum atomic E-state index is 9.33. The topological polar surface area (TPSA) is 63.9 Å². The zero-order valence-electron chi connectivity index (χ0n) is 10.4. The molecule has 0 amide bonds. The Morgan fingerprint density at radius 2 is 1.38 bits per heavy atom. The highest BCUT2D eigenvalue weighted by Crippen LogP contribution is 2.10. The lowest BCUT2D eigenvalue weighted by Gasteiger charge is -2.12. The van der Waals surface area contributed by atoms with Crippen LogP contribution in [0.3, 0.4) is 0 Å². The van der Waals surface area contributed by atoms with Crippen LogP contribution in [0.15, 0.2) is 0 Å². The highest BCUT2D eigenvalue weighted by Gasteiger charge is 2.06. The maximum Gasteiger partial charge on any atom is 0.0772 e. The van der Waals surface area contributed by atoms with E-state index in [1.54, 1.807) is 0 Å². The molecule has 0 radical (unpaired) electrons. The molecule has 3 N–H and O–H groups in total. The number of hydrogen-bond donors (Lipinski definition) is 3. The molecule has 16 heavy (non-hydrogen) atoms. The highest BCUT2D eigenvalue weighted by atomic mass is 16.8. The van der Waals surface area contributed by atoms with Gasteiger partial charge in [-0.05, 0) is 6.42 Å². The smallest absolute Gasteiger partial charge is 0.0772 e. The number of nitrogens with zero attached hydrogens (tertiary/aromatic N) is 1. The fourth-order valence-corrected chi connectivity index (χ4v) is 1.79. The van der Waals surface area contributed by atoms with Crippen LogP contribution >= 0.6 is 0 Å². The number of hydroxylamine groups is 2. The number of hydrogen-bond acceptors (Lipinski definition) is 4. The van der Waals surface area contributed by atoms with Gasteiger partial charge in [-0.15, -0.1) is 0 Å². The molecule has 1 atom stereocenters. The second kappa shape index (κ2) is 11.3. The first-order valence-electron chi connectivity index (χ1n) is 6.50. The molecular formula is C12H27NO3. The summed E-state index contributed by atoms with van der Waals surface area (Å²) in [6, 6.07) is 0. The van der Waals surface area contributed by atoms with Crippen LogP contribution in [0.4, 0.5) is 0 Å². The van der Waals surface area contributed by atoms with Gasteiger partial charge in [-0.3, -0.25) is 10.4 Å².